The summed E-state index contributed by atoms with van der Waals surface area (Å²) in [5.74, 6) is 0. The minimum Gasteiger partial charge on any atom is -0.389 e. The van der Waals surface area contributed by atoms with Gasteiger partial charge in [-0.2, -0.15) is 0 Å². The highest BCUT2D eigenvalue weighted by molar-refractivity contribution is 5.13. The molecule has 1 aromatic carbocycles. The van der Waals surface area contributed by atoms with Crippen molar-refractivity contribution in [1.82, 2.24) is 4.90 Å². The second-order valence-electron chi connectivity index (χ2n) is 4.54. The number of benzene rings is 1. The first-order valence-electron chi connectivity index (χ1n) is 6.77. The van der Waals surface area contributed by atoms with E-state index in [1.54, 1.807) is 7.11 Å². The van der Waals surface area contributed by atoms with Crippen LogP contribution >= 0.6 is 0 Å². The van der Waals surface area contributed by atoms with E-state index in [0.717, 1.165) is 18.7 Å². The maximum Gasteiger partial charge on any atom is 0.0900 e. The van der Waals surface area contributed by atoms with Gasteiger partial charge in [0.1, 0.15) is 0 Å². The van der Waals surface area contributed by atoms with Crippen LogP contribution in [0.2, 0.25) is 0 Å². The maximum absolute atomic E-state index is 9.92. The largest absolute Gasteiger partial charge is 0.389 e. The van der Waals surface area contributed by atoms with E-state index < -0.39 is 6.10 Å². The first-order chi connectivity index (χ1) is 9.26. The number of methoxy groups -OCH3 is 1. The summed E-state index contributed by atoms with van der Waals surface area (Å²) in [6.45, 7) is 6.02. The number of rotatable bonds is 10. The van der Waals surface area contributed by atoms with E-state index in [9.17, 15) is 5.11 Å². The number of nitrogens with zero attached hydrogens (tertiary/aromatic N) is 1. The van der Waals surface area contributed by atoms with Crippen molar-refractivity contribution >= 4 is 0 Å². The number of aliphatic hydroxyl groups is 1. The SMILES string of the molecule is CCN(CCOC)CC(O)COCc1ccccc1. The van der Waals surface area contributed by atoms with Crippen molar-refractivity contribution in [2.24, 2.45) is 0 Å². The number of hydrogen-bond acceptors (Lipinski definition) is 4. The highest BCUT2D eigenvalue weighted by Gasteiger charge is 2.10. The fourth-order valence-corrected chi connectivity index (χ4v) is 1.84. The third-order valence-corrected chi connectivity index (χ3v) is 2.95. The van der Waals surface area contributed by atoms with Crippen molar-refractivity contribution in [3.05, 3.63) is 35.9 Å². The van der Waals surface area contributed by atoms with E-state index in [1.165, 1.54) is 0 Å². The molecular formula is C15H25NO3. The molecule has 4 nitrogen and oxygen atoms in total. The van der Waals surface area contributed by atoms with Crippen LogP contribution in [0, 0.1) is 0 Å². The van der Waals surface area contributed by atoms with Gasteiger partial charge >= 0.3 is 0 Å². The van der Waals surface area contributed by atoms with Gasteiger partial charge in [0.05, 0.1) is 25.9 Å². The predicted octanol–water partition coefficient (Wildman–Crippen LogP) is 1.53. The maximum atomic E-state index is 9.92. The van der Waals surface area contributed by atoms with E-state index in [-0.39, 0.29) is 0 Å². The summed E-state index contributed by atoms with van der Waals surface area (Å²) < 4.78 is 10.6. The van der Waals surface area contributed by atoms with Crippen LogP contribution in [0.5, 0.6) is 0 Å². The molecule has 4 heteroatoms. The summed E-state index contributed by atoms with van der Waals surface area (Å²) in [6, 6.07) is 9.98. The Kier molecular flexibility index (Phi) is 8.41. The van der Waals surface area contributed by atoms with E-state index in [4.69, 9.17) is 9.47 Å². The van der Waals surface area contributed by atoms with E-state index in [1.807, 2.05) is 30.3 Å². The highest BCUT2D eigenvalue weighted by atomic mass is 16.5. The average molecular weight is 267 g/mol. The molecule has 1 aromatic rings. The van der Waals surface area contributed by atoms with Crippen LogP contribution < -0.4 is 0 Å². The second-order valence-corrected chi connectivity index (χ2v) is 4.54. The van der Waals surface area contributed by atoms with Crippen molar-refractivity contribution in [2.75, 3.05) is 40.0 Å². The van der Waals surface area contributed by atoms with Crippen LogP contribution in [-0.4, -0.2) is 56.1 Å². The molecule has 1 rings (SSSR count). The summed E-state index contributed by atoms with van der Waals surface area (Å²) in [5, 5.41) is 9.92. The van der Waals surface area contributed by atoms with Gasteiger partial charge in [-0.1, -0.05) is 37.3 Å². The minimum absolute atomic E-state index is 0.360. The van der Waals surface area contributed by atoms with Gasteiger partial charge in [-0.15, -0.1) is 0 Å². The number of hydrogen-bond donors (Lipinski definition) is 1. The number of likely N-dealkylation sites (N-methyl/N-ethyl adjacent to an activating group) is 1. The lowest BCUT2D eigenvalue weighted by molar-refractivity contribution is 0.00727. The Morgan fingerprint density at radius 1 is 1.26 bits per heavy atom. The Morgan fingerprint density at radius 3 is 2.63 bits per heavy atom. The molecule has 0 spiro atoms. The van der Waals surface area contributed by atoms with Gasteiger partial charge in [0.2, 0.25) is 0 Å². The van der Waals surface area contributed by atoms with Gasteiger partial charge in [-0.05, 0) is 12.1 Å². The summed E-state index contributed by atoms with van der Waals surface area (Å²) in [4.78, 5) is 2.15. The zero-order valence-electron chi connectivity index (χ0n) is 11.9. The summed E-state index contributed by atoms with van der Waals surface area (Å²) >= 11 is 0. The lowest BCUT2D eigenvalue weighted by Gasteiger charge is -2.23. The van der Waals surface area contributed by atoms with Crippen molar-refractivity contribution in [3.8, 4) is 0 Å². The topological polar surface area (TPSA) is 41.9 Å². The van der Waals surface area contributed by atoms with Crippen LogP contribution in [0.4, 0.5) is 0 Å². The summed E-state index contributed by atoms with van der Waals surface area (Å²) in [6.07, 6.45) is -0.458. The zero-order chi connectivity index (χ0) is 13.9. The van der Waals surface area contributed by atoms with Crippen molar-refractivity contribution in [1.29, 1.82) is 0 Å². The molecule has 108 valence electrons. The highest BCUT2D eigenvalue weighted by Crippen LogP contribution is 2.01. The number of aliphatic hydroxyl groups excluding tert-OH is 1. The van der Waals surface area contributed by atoms with E-state index in [2.05, 4.69) is 11.8 Å². The quantitative estimate of drug-likeness (QED) is 0.698. The van der Waals surface area contributed by atoms with Crippen molar-refractivity contribution in [2.45, 2.75) is 19.6 Å². The van der Waals surface area contributed by atoms with Crippen LogP contribution in [0.1, 0.15) is 12.5 Å². The zero-order valence-corrected chi connectivity index (χ0v) is 11.9. The molecule has 1 N–H and O–H groups in total. The smallest absolute Gasteiger partial charge is 0.0900 e. The van der Waals surface area contributed by atoms with Gasteiger partial charge in [-0.25, -0.2) is 0 Å². The normalized spacial score (nSPS) is 12.8. The van der Waals surface area contributed by atoms with Gasteiger partial charge in [-0.3, -0.25) is 4.90 Å². The van der Waals surface area contributed by atoms with E-state index in [0.29, 0.717) is 26.4 Å². The molecule has 0 aliphatic carbocycles. The first kappa shape index (κ1) is 16.1. The lowest BCUT2D eigenvalue weighted by Crippen LogP contribution is -2.36. The van der Waals surface area contributed by atoms with Crippen LogP contribution in [0.3, 0.4) is 0 Å². The number of ether oxygens (including phenoxy) is 2. The van der Waals surface area contributed by atoms with Crippen LogP contribution in [0.15, 0.2) is 30.3 Å². The molecule has 0 saturated heterocycles. The molecule has 1 atom stereocenters. The van der Waals surface area contributed by atoms with Crippen LogP contribution in [0.25, 0.3) is 0 Å². The third kappa shape index (κ3) is 7.28. The fraction of sp³-hybridized carbons (Fsp3) is 0.600. The molecule has 19 heavy (non-hydrogen) atoms. The summed E-state index contributed by atoms with van der Waals surface area (Å²) in [5.41, 5.74) is 1.13. The molecule has 0 radical (unpaired) electrons. The molecule has 0 saturated carbocycles. The summed E-state index contributed by atoms with van der Waals surface area (Å²) in [7, 11) is 1.69. The van der Waals surface area contributed by atoms with Gasteiger partial charge in [0, 0.05) is 20.2 Å². The molecule has 1 unspecified atom stereocenters. The van der Waals surface area contributed by atoms with Crippen molar-refractivity contribution < 1.29 is 14.6 Å². The molecule has 0 aromatic heterocycles. The van der Waals surface area contributed by atoms with Crippen molar-refractivity contribution in [3.63, 3.8) is 0 Å². The Balaban J connectivity index is 2.17. The molecule has 0 aliphatic rings. The molecule has 0 bridgehead atoms. The van der Waals surface area contributed by atoms with E-state index >= 15 is 0 Å². The van der Waals surface area contributed by atoms with Gasteiger partial charge in [0.15, 0.2) is 0 Å². The predicted molar refractivity (Wildman–Crippen MR) is 76.1 cm³/mol. The Morgan fingerprint density at radius 2 is 2.00 bits per heavy atom. The first-order valence-corrected chi connectivity index (χ1v) is 6.77. The Labute approximate surface area is 115 Å². The molecule has 0 heterocycles. The molecule has 0 amide bonds. The third-order valence-electron chi connectivity index (χ3n) is 2.95. The average Bonchev–Trinajstić information content (AvgIpc) is 2.44. The Bertz CT molecular complexity index is 318. The molecule has 0 fully saturated rings. The minimum atomic E-state index is -0.458. The lowest BCUT2D eigenvalue weighted by atomic mass is 10.2. The van der Waals surface area contributed by atoms with Gasteiger partial charge in [0.25, 0.3) is 0 Å². The van der Waals surface area contributed by atoms with Gasteiger partial charge < -0.3 is 14.6 Å². The molecule has 0 aliphatic heterocycles. The molecular weight excluding hydrogens is 242 g/mol. The van der Waals surface area contributed by atoms with Crippen LogP contribution in [-0.2, 0) is 16.1 Å². The fourth-order valence-electron chi connectivity index (χ4n) is 1.84. The Hall–Kier alpha value is -0.940. The standard InChI is InChI=1S/C15H25NO3/c1-3-16(9-10-18-2)11-15(17)13-19-12-14-7-5-4-6-8-14/h4-8,15,17H,3,9-13H2,1-2H3. The second kappa shape index (κ2) is 9.92. The monoisotopic (exact) mass is 267 g/mol.